The summed E-state index contributed by atoms with van der Waals surface area (Å²) in [5.74, 6) is -0.0779. The summed E-state index contributed by atoms with van der Waals surface area (Å²) in [6, 6.07) is 0. The minimum absolute atomic E-state index is 0.00231. The first-order valence-electron chi connectivity index (χ1n) is 2.42. The van der Waals surface area contributed by atoms with Crippen molar-refractivity contribution in [3.63, 3.8) is 0 Å². The van der Waals surface area contributed by atoms with E-state index in [0.717, 1.165) is 0 Å². The monoisotopic (exact) mass is 118 g/mol. The molecule has 0 heterocycles. The quantitative estimate of drug-likeness (QED) is 0.528. The molecule has 0 amide bonds. The van der Waals surface area contributed by atoms with Crippen molar-refractivity contribution in [3.05, 3.63) is 0 Å². The number of hydrogen-bond donors (Lipinski definition) is 1. The highest BCUT2D eigenvalue weighted by Gasteiger charge is 1.95. The fourth-order valence-electron chi connectivity index (χ4n) is 0.238. The predicted octanol–water partition coefficient (Wildman–Crippen LogP) is -0.0697. The van der Waals surface area contributed by atoms with Gasteiger partial charge in [-0.05, 0) is 13.8 Å². The number of aliphatic hydroxyl groups excluding tert-OH is 1. The predicted molar refractivity (Wildman–Crippen MR) is 28.3 cm³/mol. The van der Waals surface area contributed by atoms with Gasteiger partial charge in [0.2, 0.25) is 0 Å². The van der Waals surface area contributed by atoms with E-state index in [4.69, 9.17) is 5.11 Å². The fraction of sp³-hybridized carbons (Fsp3) is 0.800. The third kappa shape index (κ3) is 5.59. The molecule has 0 radical (unpaired) electrons. The molecule has 3 heteroatoms. The number of aliphatic hydroxyl groups is 1. The van der Waals surface area contributed by atoms with E-state index in [-0.39, 0.29) is 12.4 Å². The molecule has 3 nitrogen and oxygen atoms in total. The number of carbonyl (C=O) groups is 1. The first-order chi connectivity index (χ1) is 3.63. The second kappa shape index (κ2) is 3.57. The van der Waals surface area contributed by atoms with Crippen LogP contribution in [0.1, 0.15) is 13.8 Å². The molecule has 0 fully saturated rings. The Bertz CT molecular complexity index is 77.7. The van der Waals surface area contributed by atoms with E-state index in [1.165, 1.54) is 13.8 Å². The maximum absolute atomic E-state index is 10.1. The highest BCUT2D eigenvalue weighted by Crippen LogP contribution is 1.82. The lowest BCUT2D eigenvalue weighted by Gasteiger charge is -2.01. The van der Waals surface area contributed by atoms with E-state index in [1.54, 1.807) is 0 Å². The average molecular weight is 118 g/mol. The Hall–Kier alpha value is -0.410. The molecule has 1 N–H and O–H groups in total. The van der Waals surface area contributed by atoms with Crippen molar-refractivity contribution in [3.8, 4) is 0 Å². The molecule has 0 aliphatic rings. The average Bonchev–Trinajstić information content (AvgIpc) is 1.61. The molecule has 0 bridgehead atoms. The van der Waals surface area contributed by atoms with Crippen LogP contribution in [0.15, 0.2) is 0 Å². The van der Waals surface area contributed by atoms with E-state index in [0.29, 0.717) is 0 Å². The zero-order valence-electron chi connectivity index (χ0n) is 5.05. The molecule has 0 saturated heterocycles. The summed E-state index contributed by atoms with van der Waals surface area (Å²) in [6.07, 6.45) is -0.834. The van der Waals surface area contributed by atoms with Crippen molar-refractivity contribution in [2.45, 2.75) is 20.1 Å². The Morgan fingerprint density at radius 1 is 1.88 bits per heavy atom. The van der Waals surface area contributed by atoms with Gasteiger partial charge in [-0.1, -0.05) is 0 Å². The maximum Gasteiger partial charge on any atom is 0.155 e. The van der Waals surface area contributed by atoms with Crippen LogP contribution in [0.25, 0.3) is 0 Å². The molecule has 0 aliphatic heterocycles. The smallest absolute Gasteiger partial charge is 0.155 e. The highest BCUT2D eigenvalue weighted by molar-refractivity contribution is 5.76. The lowest BCUT2D eigenvalue weighted by Crippen LogP contribution is -2.12. The van der Waals surface area contributed by atoms with Crippen LogP contribution in [0.2, 0.25) is 0 Å². The normalized spacial score (nSPS) is 13.4. The first-order valence-corrected chi connectivity index (χ1v) is 2.42. The fourth-order valence-corrected chi connectivity index (χ4v) is 0.238. The van der Waals surface area contributed by atoms with Gasteiger partial charge in [0.1, 0.15) is 6.61 Å². The second-order valence-electron chi connectivity index (χ2n) is 1.61. The van der Waals surface area contributed by atoms with Crippen LogP contribution >= 0.6 is 0 Å². The minimum atomic E-state index is -0.834. The molecule has 8 heavy (non-hydrogen) atoms. The molecule has 0 aromatic carbocycles. The third-order valence-corrected chi connectivity index (χ3v) is 0.528. The van der Waals surface area contributed by atoms with Crippen LogP contribution in [0.3, 0.4) is 0 Å². The zero-order valence-corrected chi connectivity index (χ0v) is 5.05. The molecule has 0 rings (SSSR count). The van der Waals surface area contributed by atoms with Gasteiger partial charge in [-0.2, -0.15) is 0 Å². The summed E-state index contributed by atoms with van der Waals surface area (Å²) in [4.78, 5) is 10.1. The number of carbonyl (C=O) groups excluding carboxylic acids is 1. The van der Waals surface area contributed by atoms with Crippen molar-refractivity contribution in [2.24, 2.45) is 0 Å². The zero-order chi connectivity index (χ0) is 6.57. The van der Waals surface area contributed by atoms with Crippen molar-refractivity contribution in [1.82, 2.24) is 0 Å². The number of Topliss-reactive ketones (excluding diaryl/α,β-unsaturated/α-hetero) is 1. The van der Waals surface area contributed by atoms with Gasteiger partial charge in [0, 0.05) is 0 Å². The Morgan fingerprint density at radius 3 is 2.50 bits per heavy atom. The van der Waals surface area contributed by atoms with Crippen molar-refractivity contribution < 1.29 is 14.6 Å². The van der Waals surface area contributed by atoms with Crippen molar-refractivity contribution in [2.75, 3.05) is 6.61 Å². The maximum atomic E-state index is 10.1. The molecule has 48 valence electrons. The second-order valence-corrected chi connectivity index (χ2v) is 1.61. The van der Waals surface area contributed by atoms with Gasteiger partial charge in [-0.3, -0.25) is 4.79 Å². The van der Waals surface area contributed by atoms with Crippen LogP contribution in [-0.2, 0) is 9.53 Å². The van der Waals surface area contributed by atoms with Gasteiger partial charge in [0.15, 0.2) is 12.1 Å². The molecule has 0 aromatic rings. The first kappa shape index (κ1) is 7.59. The molecule has 1 unspecified atom stereocenters. The summed E-state index contributed by atoms with van der Waals surface area (Å²) < 4.78 is 4.51. The number of rotatable bonds is 3. The van der Waals surface area contributed by atoms with Crippen LogP contribution in [0.4, 0.5) is 0 Å². The Balaban J connectivity index is 3.05. The minimum Gasteiger partial charge on any atom is -0.368 e. The van der Waals surface area contributed by atoms with Gasteiger partial charge in [0.05, 0.1) is 0 Å². The molecule has 1 atom stereocenters. The lowest BCUT2D eigenvalue weighted by molar-refractivity contribution is -0.134. The summed E-state index contributed by atoms with van der Waals surface area (Å²) in [5, 5.41) is 8.43. The van der Waals surface area contributed by atoms with Crippen LogP contribution in [-0.4, -0.2) is 23.8 Å². The molecular weight excluding hydrogens is 108 g/mol. The van der Waals surface area contributed by atoms with Crippen molar-refractivity contribution in [1.29, 1.82) is 0 Å². The van der Waals surface area contributed by atoms with E-state index < -0.39 is 6.29 Å². The number of ketones is 1. The molecule has 0 aliphatic carbocycles. The highest BCUT2D eigenvalue weighted by atomic mass is 16.6. The largest absolute Gasteiger partial charge is 0.368 e. The van der Waals surface area contributed by atoms with Crippen molar-refractivity contribution >= 4 is 5.78 Å². The summed E-state index contributed by atoms with van der Waals surface area (Å²) >= 11 is 0. The number of ether oxygens (including phenoxy) is 1. The van der Waals surface area contributed by atoms with E-state index in [9.17, 15) is 4.79 Å². The van der Waals surface area contributed by atoms with Crippen LogP contribution in [0, 0.1) is 0 Å². The van der Waals surface area contributed by atoms with Gasteiger partial charge in [0.25, 0.3) is 0 Å². The Labute approximate surface area is 48.3 Å². The Kier molecular flexibility index (Phi) is 3.39. The standard InChI is InChI=1S/C5H10O3/c1-4(6)3-8-5(2)7/h5,7H,3H2,1-2H3. The van der Waals surface area contributed by atoms with E-state index in [2.05, 4.69) is 4.74 Å². The van der Waals surface area contributed by atoms with E-state index in [1.807, 2.05) is 0 Å². The van der Waals surface area contributed by atoms with Gasteiger partial charge >= 0.3 is 0 Å². The van der Waals surface area contributed by atoms with Crippen LogP contribution < -0.4 is 0 Å². The van der Waals surface area contributed by atoms with Gasteiger partial charge in [-0.25, -0.2) is 0 Å². The topological polar surface area (TPSA) is 46.5 Å². The molecule has 0 spiro atoms. The summed E-state index contributed by atoms with van der Waals surface area (Å²) in [6.45, 7) is 2.86. The number of hydrogen-bond acceptors (Lipinski definition) is 3. The Morgan fingerprint density at radius 2 is 2.38 bits per heavy atom. The third-order valence-electron chi connectivity index (χ3n) is 0.528. The molecule has 0 aromatic heterocycles. The molecular formula is C5H10O3. The van der Waals surface area contributed by atoms with E-state index >= 15 is 0 Å². The molecule has 0 saturated carbocycles. The van der Waals surface area contributed by atoms with Gasteiger partial charge < -0.3 is 9.84 Å². The summed E-state index contributed by atoms with van der Waals surface area (Å²) in [7, 11) is 0. The SMILES string of the molecule is CC(=O)COC(C)O. The summed E-state index contributed by atoms with van der Waals surface area (Å²) in [5.41, 5.74) is 0. The lowest BCUT2D eigenvalue weighted by atomic mass is 10.5. The van der Waals surface area contributed by atoms with Crippen LogP contribution in [0.5, 0.6) is 0 Å². The van der Waals surface area contributed by atoms with Gasteiger partial charge in [-0.15, -0.1) is 0 Å².